The number of carbonyl (C=O) groups excluding carboxylic acids is 4. The fourth-order valence-electron chi connectivity index (χ4n) is 4.09. The standard InChI is InChI=1S/C22H18BClF3N3O4/c23-21(6-5-17(31)29-19(21)33)30-10-12-7-11(1-3-14(12)18(30)32)9-28-20(34)22(26,27)15-4-2-13(24)8-16(15)25/h1-4,7-8H,5-6,9-10,23H2,(H,28,34)(H,29,31,33)/t21-/m1/s1. The monoisotopic (exact) mass is 491 g/mol. The second kappa shape index (κ2) is 8.46. The lowest BCUT2D eigenvalue weighted by Crippen LogP contribution is -2.63. The zero-order valence-electron chi connectivity index (χ0n) is 17.9. The molecule has 0 radical (unpaired) electrons. The molecule has 1 saturated heterocycles. The van der Waals surface area contributed by atoms with Gasteiger partial charge in [0.25, 0.3) is 11.8 Å². The van der Waals surface area contributed by atoms with Gasteiger partial charge in [-0.1, -0.05) is 23.7 Å². The van der Waals surface area contributed by atoms with Crippen LogP contribution in [-0.4, -0.2) is 41.8 Å². The summed E-state index contributed by atoms with van der Waals surface area (Å²) in [4.78, 5) is 50.3. The molecule has 7 nitrogen and oxygen atoms in total. The summed E-state index contributed by atoms with van der Waals surface area (Å²) in [7, 11) is 1.58. The average molecular weight is 492 g/mol. The van der Waals surface area contributed by atoms with Gasteiger partial charge in [-0.25, -0.2) is 4.39 Å². The Labute approximate surface area is 198 Å². The first-order chi connectivity index (χ1) is 15.9. The highest BCUT2D eigenvalue weighted by Crippen LogP contribution is 2.34. The molecule has 2 aliphatic heterocycles. The second-order valence-electron chi connectivity index (χ2n) is 8.42. The SMILES string of the molecule is B[C@@]1(N2Cc3cc(CNC(=O)C(F)(F)c4ccc(Cl)cc4F)ccc3C2=O)CCC(=O)NC1=O. The van der Waals surface area contributed by atoms with E-state index in [2.05, 4.69) is 10.6 Å². The summed E-state index contributed by atoms with van der Waals surface area (Å²) in [5.74, 6) is -8.47. The number of nitrogens with one attached hydrogen (secondary N) is 2. The zero-order chi connectivity index (χ0) is 24.8. The van der Waals surface area contributed by atoms with E-state index in [9.17, 15) is 32.3 Å². The molecule has 1 atom stereocenters. The lowest BCUT2D eigenvalue weighted by molar-refractivity contribution is -0.147. The molecule has 12 heteroatoms. The second-order valence-corrected chi connectivity index (χ2v) is 8.85. The molecule has 0 bridgehead atoms. The van der Waals surface area contributed by atoms with E-state index in [0.717, 1.165) is 12.1 Å². The molecule has 176 valence electrons. The first-order valence-corrected chi connectivity index (χ1v) is 10.7. The molecule has 1 fully saturated rings. The van der Waals surface area contributed by atoms with Gasteiger partial charge in [0.2, 0.25) is 11.8 Å². The number of hydrogen-bond acceptors (Lipinski definition) is 4. The summed E-state index contributed by atoms with van der Waals surface area (Å²) >= 11 is 5.58. The van der Waals surface area contributed by atoms with Crippen LogP contribution >= 0.6 is 11.6 Å². The van der Waals surface area contributed by atoms with Crippen LogP contribution < -0.4 is 10.6 Å². The fraction of sp³-hybridized carbons (Fsp3) is 0.273. The number of nitrogens with zero attached hydrogens (tertiary/aromatic N) is 1. The van der Waals surface area contributed by atoms with Gasteiger partial charge < -0.3 is 10.2 Å². The van der Waals surface area contributed by atoms with Gasteiger partial charge in [0.15, 0.2) is 0 Å². The smallest absolute Gasteiger partial charge is 0.346 e. The molecular formula is C22H18BClF3N3O4. The van der Waals surface area contributed by atoms with Crippen LogP contribution in [-0.2, 0) is 33.4 Å². The minimum Gasteiger partial charge on any atom is -0.346 e. The van der Waals surface area contributed by atoms with Gasteiger partial charge in [-0.15, -0.1) is 0 Å². The summed E-state index contributed by atoms with van der Waals surface area (Å²) in [6.45, 7) is -0.211. The maximum atomic E-state index is 14.5. The van der Waals surface area contributed by atoms with Crippen molar-refractivity contribution in [3.8, 4) is 0 Å². The molecule has 2 aromatic rings. The maximum Gasteiger partial charge on any atom is 0.352 e. The van der Waals surface area contributed by atoms with Crippen LogP contribution in [0.3, 0.4) is 0 Å². The molecule has 2 aromatic carbocycles. The van der Waals surface area contributed by atoms with Crippen molar-refractivity contribution in [3.63, 3.8) is 0 Å². The summed E-state index contributed by atoms with van der Waals surface area (Å²) < 4.78 is 42.8. The van der Waals surface area contributed by atoms with Gasteiger partial charge in [0, 0.05) is 30.1 Å². The Kier molecular flexibility index (Phi) is 5.93. The molecule has 4 rings (SSSR count). The van der Waals surface area contributed by atoms with Crippen LogP contribution in [0.2, 0.25) is 5.02 Å². The minimum atomic E-state index is -4.13. The highest BCUT2D eigenvalue weighted by molar-refractivity contribution is 6.32. The summed E-state index contributed by atoms with van der Waals surface area (Å²) in [6.07, 6.45) is 0.277. The molecular weight excluding hydrogens is 474 g/mol. The van der Waals surface area contributed by atoms with Crippen molar-refractivity contribution < 1.29 is 32.3 Å². The van der Waals surface area contributed by atoms with Crippen molar-refractivity contribution in [1.82, 2.24) is 15.5 Å². The Balaban J connectivity index is 1.47. The lowest BCUT2D eigenvalue weighted by atomic mass is 9.70. The van der Waals surface area contributed by atoms with Crippen LogP contribution in [0.15, 0.2) is 36.4 Å². The predicted octanol–water partition coefficient (Wildman–Crippen LogP) is 1.61. The van der Waals surface area contributed by atoms with Gasteiger partial charge in [0.05, 0.1) is 11.0 Å². The highest BCUT2D eigenvalue weighted by Gasteiger charge is 2.48. The summed E-state index contributed by atoms with van der Waals surface area (Å²) in [5, 5.41) is 4.26. The van der Waals surface area contributed by atoms with E-state index in [1.165, 1.54) is 17.0 Å². The number of rotatable bonds is 5. The molecule has 0 saturated carbocycles. The molecule has 2 N–H and O–H groups in total. The van der Waals surface area contributed by atoms with Crippen LogP contribution in [0.5, 0.6) is 0 Å². The Morgan fingerprint density at radius 1 is 1.21 bits per heavy atom. The number of benzene rings is 2. The van der Waals surface area contributed by atoms with Gasteiger partial charge in [-0.2, -0.15) is 8.78 Å². The van der Waals surface area contributed by atoms with Gasteiger partial charge >= 0.3 is 5.92 Å². The van der Waals surface area contributed by atoms with E-state index in [0.29, 0.717) is 22.8 Å². The van der Waals surface area contributed by atoms with Crippen molar-refractivity contribution >= 4 is 43.1 Å². The molecule has 0 unspecified atom stereocenters. The van der Waals surface area contributed by atoms with Gasteiger partial charge in [-0.05, 0) is 41.8 Å². The molecule has 0 spiro atoms. The molecule has 4 amide bonds. The Morgan fingerprint density at radius 2 is 1.94 bits per heavy atom. The first-order valence-electron chi connectivity index (χ1n) is 10.3. The number of fused-ring (bicyclic) bond motifs is 1. The van der Waals surface area contributed by atoms with Crippen LogP contribution in [0.4, 0.5) is 13.2 Å². The normalized spacial score (nSPS) is 20.2. The third kappa shape index (κ3) is 4.04. The van der Waals surface area contributed by atoms with Crippen LogP contribution in [0, 0.1) is 5.82 Å². The van der Waals surface area contributed by atoms with E-state index < -0.39 is 40.5 Å². The van der Waals surface area contributed by atoms with Crippen molar-refractivity contribution in [2.45, 2.75) is 37.3 Å². The Hall–Kier alpha value is -3.34. The summed E-state index contributed by atoms with van der Waals surface area (Å²) in [6, 6.07) is 7.07. The topological polar surface area (TPSA) is 95.6 Å². The van der Waals surface area contributed by atoms with Gasteiger partial charge in [-0.3, -0.25) is 24.5 Å². The molecule has 34 heavy (non-hydrogen) atoms. The molecule has 2 aliphatic rings. The van der Waals surface area contributed by atoms with Crippen molar-refractivity contribution in [3.05, 3.63) is 69.5 Å². The van der Waals surface area contributed by atoms with Crippen LogP contribution in [0.25, 0.3) is 0 Å². The number of piperidine rings is 1. The number of carbonyl (C=O) groups is 4. The number of halogens is 4. The van der Waals surface area contributed by atoms with E-state index in [1.54, 1.807) is 13.9 Å². The molecule has 0 aliphatic carbocycles. The zero-order valence-corrected chi connectivity index (χ0v) is 18.6. The van der Waals surface area contributed by atoms with Crippen molar-refractivity contribution in [2.24, 2.45) is 0 Å². The van der Waals surface area contributed by atoms with Crippen molar-refractivity contribution in [2.75, 3.05) is 0 Å². The number of imide groups is 1. The first kappa shape index (κ1) is 23.8. The number of amides is 4. The fourth-order valence-corrected chi connectivity index (χ4v) is 4.25. The maximum absolute atomic E-state index is 14.5. The number of hydrogen-bond donors (Lipinski definition) is 2. The largest absolute Gasteiger partial charge is 0.352 e. The lowest BCUT2D eigenvalue weighted by Gasteiger charge is -2.39. The van der Waals surface area contributed by atoms with Crippen molar-refractivity contribution in [1.29, 1.82) is 0 Å². The van der Waals surface area contributed by atoms with E-state index in [-0.39, 0.29) is 36.9 Å². The third-order valence-corrected chi connectivity index (χ3v) is 6.39. The Bertz CT molecular complexity index is 1240. The molecule has 0 aromatic heterocycles. The van der Waals surface area contributed by atoms with E-state index in [1.807, 2.05) is 0 Å². The Morgan fingerprint density at radius 3 is 2.62 bits per heavy atom. The van der Waals surface area contributed by atoms with Crippen LogP contribution in [0.1, 0.15) is 39.9 Å². The van der Waals surface area contributed by atoms with E-state index >= 15 is 0 Å². The highest BCUT2D eigenvalue weighted by atomic mass is 35.5. The third-order valence-electron chi connectivity index (χ3n) is 6.16. The predicted molar refractivity (Wildman–Crippen MR) is 117 cm³/mol. The number of alkyl halides is 2. The van der Waals surface area contributed by atoms with Gasteiger partial charge in [0.1, 0.15) is 13.7 Å². The average Bonchev–Trinajstić information content (AvgIpc) is 3.11. The quantitative estimate of drug-likeness (QED) is 0.491. The molecule has 2 heterocycles. The summed E-state index contributed by atoms with van der Waals surface area (Å²) in [5.41, 5.74) is -0.972. The van der Waals surface area contributed by atoms with E-state index in [4.69, 9.17) is 11.6 Å². The minimum absolute atomic E-state index is 0.0784.